The first-order valence-electron chi connectivity index (χ1n) is 10.4. The fourth-order valence-corrected chi connectivity index (χ4v) is 3.38. The molecule has 1 saturated heterocycles. The smallest absolute Gasteiger partial charge is 0.311 e. The van der Waals surface area contributed by atoms with Crippen LogP contribution in [0.3, 0.4) is 0 Å². The van der Waals surface area contributed by atoms with E-state index in [4.69, 9.17) is 9.47 Å². The number of nitrogens with one attached hydrogen (secondary N) is 1. The Hall–Kier alpha value is -3.35. The fourth-order valence-electron chi connectivity index (χ4n) is 3.38. The third-order valence-electron chi connectivity index (χ3n) is 5.30. The van der Waals surface area contributed by atoms with Gasteiger partial charge < -0.3 is 19.7 Å². The van der Waals surface area contributed by atoms with Crippen LogP contribution in [0, 0.1) is 19.8 Å². The van der Waals surface area contributed by atoms with Crippen LogP contribution < -0.4 is 15.0 Å². The Morgan fingerprint density at radius 1 is 1.13 bits per heavy atom. The minimum atomic E-state index is -0.600. The van der Waals surface area contributed by atoms with E-state index in [9.17, 15) is 14.4 Å². The van der Waals surface area contributed by atoms with E-state index in [1.165, 1.54) is 0 Å². The van der Waals surface area contributed by atoms with Gasteiger partial charge in [0.1, 0.15) is 5.75 Å². The van der Waals surface area contributed by atoms with Crippen LogP contribution in [0.25, 0.3) is 0 Å². The number of rotatable bonds is 8. The van der Waals surface area contributed by atoms with E-state index in [0.29, 0.717) is 18.0 Å². The molecule has 2 amide bonds. The maximum absolute atomic E-state index is 12.4. The van der Waals surface area contributed by atoms with E-state index in [1.54, 1.807) is 23.1 Å². The van der Waals surface area contributed by atoms with Gasteiger partial charge in [-0.2, -0.15) is 0 Å². The van der Waals surface area contributed by atoms with Crippen LogP contribution in [0.5, 0.6) is 5.75 Å². The molecule has 0 aliphatic carbocycles. The van der Waals surface area contributed by atoms with Crippen molar-refractivity contribution in [2.24, 2.45) is 5.92 Å². The largest absolute Gasteiger partial charge is 0.494 e. The zero-order chi connectivity index (χ0) is 22.4. The lowest BCUT2D eigenvalue weighted by Crippen LogP contribution is -2.28. The van der Waals surface area contributed by atoms with Crippen molar-refractivity contribution >= 4 is 29.2 Å². The van der Waals surface area contributed by atoms with Crippen LogP contribution in [-0.4, -0.2) is 37.5 Å². The molecule has 1 aliphatic rings. The van der Waals surface area contributed by atoms with E-state index < -0.39 is 17.8 Å². The number of nitrogens with zero attached hydrogens (tertiary/aromatic N) is 1. The Kier molecular flexibility index (Phi) is 7.28. The molecule has 1 fully saturated rings. The molecule has 0 aromatic heterocycles. The molecule has 1 atom stereocenters. The van der Waals surface area contributed by atoms with E-state index in [0.717, 1.165) is 23.3 Å². The van der Waals surface area contributed by atoms with Gasteiger partial charge in [0, 0.05) is 24.3 Å². The molecule has 2 aromatic carbocycles. The van der Waals surface area contributed by atoms with E-state index in [-0.39, 0.29) is 25.5 Å². The molecule has 2 aromatic rings. The number of anilines is 2. The van der Waals surface area contributed by atoms with Gasteiger partial charge in [0.15, 0.2) is 6.61 Å². The van der Waals surface area contributed by atoms with Gasteiger partial charge in [-0.15, -0.1) is 0 Å². The maximum atomic E-state index is 12.4. The molecule has 1 aliphatic heterocycles. The van der Waals surface area contributed by atoms with Crippen molar-refractivity contribution in [2.45, 2.75) is 33.6 Å². The molecule has 0 unspecified atom stereocenters. The molecule has 164 valence electrons. The maximum Gasteiger partial charge on any atom is 0.311 e. The van der Waals surface area contributed by atoms with Gasteiger partial charge in [0.2, 0.25) is 5.91 Å². The third-order valence-corrected chi connectivity index (χ3v) is 5.30. The summed E-state index contributed by atoms with van der Waals surface area (Å²) in [4.78, 5) is 38.6. The van der Waals surface area contributed by atoms with E-state index >= 15 is 0 Å². The van der Waals surface area contributed by atoms with Crippen LogP contribution in [0.2, 0.25) is 0 Å². The summed E-state index contributed by atoms with van der Waals surface area (Å²) < 4.78 is 10.7. The fraction of sp³-hybridized carbons (Fsp3) is 0.375. The molecule has 0 saturated carbocycles. The highest BCUT2D eigenvalue weighted by Gasteiger charge is 2.36. The average Bonchev–Trinajstić information content (AvgIpc) is 3.16. The predicted molar refractivity (Wildman–Crippen MR) is 118 cm³/mol. The molecule has 0 spiro atoms. The molecule has 0 bridgehead atoms. The molecule has 7 heteroatoms. The Balaban J connectivity index is 1.51. The summed E-state index contributed by atoms with van der Waals surface area (Å²) in [6, 6.07) is 12.8. The first-order valence-corrected chi connectivity index (χ1v) is 10.4. The van der Waals surface area contributed by atoms with Crippen LogP contribution >= 0.6 is 0 Å². The number of carbonyl (C=O) groups excluding carboxylic acids is 3. The Morgan fingerprint density at radius 3 is 2.58 bits per heavy atom. The summed E-state index contributed by atoms with van der Waals surface area (Å²) in [6.07, 6.45) is 0.976. The number of aryl methyl sites for hydroxylation is 1. The number of benzene rings is 2. The van der Waals surface area contributed by atoms with Gasteiger partial charge in [-0.3, -0.25) is 14.4 Å². The van der Waals surface area contributed by atoms with E-state index in [2.05, 4.69) is 5.32 Å². The second-order valence-electron chi connectivity index (χ2n) is 7.65. The van der Waals surface area contributed by atoms with Gasteiger partial charge in [-0.1, -0.05) is 19.1 Å². The number of hydrogen-bond donors (Lipinski definition) is 1. The molecule has 31 heavy (non-hydrogen) atoms. The lowest BCUT2D eigenvalue weighted by atomic mass is 10.1. The van der Waals surface area contributed by atoms with Gasteiger partial charge in [0.05, 0.1) is 12.5 Å². The topological polar surface area (TPSA) is 84.9 Å². The van der Waals surface area contributed by atoms with Crippen molar-refractivity contribution in [1.82, 2.24) is 0 Å². The van der Waals surface area contributed by atoms with Crippen molar-refractivity contribution in [2.75, 3.05) is 30.0 Å². The highest BCUT2D eigenvalue weighted by atomic mass is 16.5. The van der Waals surface area contributed by atoms with Gasteiger partial charge >= 0.3 is 5.97 Å². The van der Waals surface area contributed by atoms with Gasteiger partial charge in [-0.25, -0.2) is 0 Å². The van der Waals surface area contributed by atoms with Crippen LogP contribution in [0.15, 0.2) is 42.5 Å². The molecule has 1 heterocycles. The molecular weight excluding hydrogens is 396 g/mol. The second-order valence-corrected chi connectivity index (χ2v) is 7.65. The highest BCUT2D eigenvalue weighted by molar-refractivity contribution is 6.00. The lowest BCUT2D eigenvalue weighted by molar-refractivity contribution is -0.151. The van der Waals surface area contributed by atoms with Crippen molar-refractivity contribution in [1.29, 1.82) is 0 Å². The number of carbonyl (C=O) groups is 3. The first kappa shape index (κ1) is 22.3. The number of esters is 1. The van der Waals surface area contributed by atoms with Crippen molar-refractivity contribution in [3.05, 3.63) is 53.6 Å². The third kappa shape index (κ3) is 5.63. The lowest BCUT2D eigenvalue weighted by Gasteiger charge is -2.17. The normalized spacial score (nSPS) is 15.6. The molecule has 3 rings (SSSR count). The Morgan fingerprint density at radius 2 is 1.87 bits per heavy atom. The second kappa shape index (κ2) is 10.1. The quantitative estimate of drug-likeness (QED) is 0.654. The SMILES string of the molecule is CCCOc1ccc(N2C[C@@H](C(=O)OCC(=O)Nc3cccc(C)c3C)CC2=O)cc1. The minimum absolute atomic E-state index is 0.0610. The first-order chi connectivity index (χ1) is 14.9. The standard InChI is InChI=1S/C24H28N2O5/c1-4-12-30-20-10-8-19(9-11-20)26-14-18(13-23(26)28)24(29)31-15-22(27)25-21-7-5-6-16(2)17(21)3/h5-11,18H,4,12-15H2,1-3H3,(H,25,27)/t18-/m0/s1. The zero-order valence-electron chi connectivity index (χ0n) is 18.1. The Labute approximate surface area is 182 Å². The summed E-state index contributed by atoms with van der Waals surface area (Å²) in [6.45, 7) is 6.38. The monoisotopic (exact) mass is 424 g/mol. The molecule has 0 radical (unpaired) electrons. The summed E-state index contributed by atoms with van der Waals surface area (Å²) >= 11 is 0. The van der Waals surface area contributed by atoms with Crippen LogP contribution in [0.1, 0.15) is 30.9 Å². The Bertz CT molecular complexity index is 955. The number of hydrogen-bond acceptors (Lipinski definition) is 5. The minimum Gasteiger partial charge on any atom is -0.494 e. The van der Waals surface area contributed by atoms with Crippen molar-refractivity contribution < 1.29 is 23.9 Å². The number of ether oxygens (including phenoxy) is 2. The predicted octanol–water partition coefficient (Wildman–Crippen LogP) is 3.63. The van der Waals surface area contributed by atoms with Gasteiger partial charge in [0.25, 0.3) is 5.91 Å². The highest BCUT2D eigenvalue weighted by Crippen LogP contribution is 2.27. The summed E-state index contributed by atoms with van der Waals surface area (Å²) in [7, 11) is 0. The molecule has 7 nitrogen and oxygen atoms in total. The molecular formula is C24H28N2O5. The zero-order valence-corrected chi connectivity index (χ0v) is 18.1. The summed E-state index contributed by atoms with van der Waals surface area (Å²) in [5.74, 6) is -0.968. The average molecular weight is 424 g/mol. The number of amides is 2. The summed E-state index contributed by atoms with van der Waals surface area (Å²) in [5, 5.41) is 2.75. The van der Waals surface area contributed by atoms with E-state index in [1.807, 2.05) is 45.0 Å². The van der Waals surface area contributed by atoms with Gasteiger partial charge in [-0.05, 0) is 61.7 Å². The summed E-state index contributed by atoms with van der Waals surface area (Å²) in [5.41, 5.74) is 3.42. The van der Waals surface area contributed by atoms with Crippen molar-refractivity contribution in [3.8, 4) is 5.75 Å². The van der Waals surface area contributed by atoms with Crippen LogP contribution in [-0.2, 0) is 19.1 Å². The van der Waals surface area contributed by atoms with Crippen LogP contribution in [0.4, 0.5) is 11.4 Å². The van der Waals surface area contributed by atoms with Crippen molar-refractivity contribution in [3.63, 3.8) is 0 Å². The molecule has 1 N–H and O–H groups in total.